The molecule has 0 aliphatic carbocycles. The summed E-state index contributed by atoms with van der Waals surface area (Å²) < 4.78 is 2.39. The molecule has 0 spiro atoms. The maximum atomic E-state index is 4.32. The molecule has 43 heavy (non-hydrogen) atoms. The van der Waals surface area contributed by atoms with Crippen LogP contribution in [0.2, 0.25) is 0 Å². The third-order valence-corrected chi connectivity index (χ3v) is 8.06. The van der Waals surface area contributed by atoms with Crippen LogP contribution in [0.3, 0.4) is 0 Å². The largest absolute Gasteiger partial charge is 3.00 e. The predicted molar refractivity (Wildman–Crippen MR) is 174 cm³/mol. The van der Waals surface area contributed by atoms with E-state index in [1.54, 1.807) is 0 Å². The standard InChI is InChI=1S/C26H17N3.C12H10N.Ir/c1-27-16-28(25-13-7-6-12-24(25)27)17-14-20-18-8-2-4-10-22(18)29-23-11-5-3-9-19(23)21(15-17)26(20)29;1-10-7-8-12(13-9-10)11-5-3-2-4-6-11;/h2-14,16H,1H3;2-5,7-9H,1H3;/q-2;-1;+3. The summed E-state index contributed by atoms with van der Waals surface area (Å²) in [5, 5.41) is 5.00. The molecule has 1 aliphatic heterocycles. The van der Waals surface area contributed by atoms with Crippen LogP contribution in [0.4, 0.5) is 17.1 Å². The van der Waals surface area contributed by atoms with E-state index in [9.17, 15) is 0 Å². The molecule has 0 N–H and O–H groups in total. The van der Waals surface area contributed by atoms with Gasteiger partial charge in [0, 0.05) is 28.6 Å². The molecule has 3 aromatic heterocycles. The summed E-state index contributed by atoms with van der Waals surface area (Å²) >= 11 is 0. The molecule has 0 unspecified atom stereocenters. The van der Waals surface area contributed by atoms with E-state index in [1.807, 2.05) is 43.5 Å². The minimum atomic E-state index is 0. The van der Waals surface area contributed by atoms with Crippen molar-refractivity contribution >= 4 is 55.2 Å². The van der Waals surface area contributed by atoms with Crippen molar-refractivity contribution in [1.82, 2.24) is 9.38 Å². The number of benzene rings is 5. The second kappa shape index (κ2) is 10.9. The van der Waals surface area contributed by atoms with Gasteiger partial charge < -0.3 is 19.2 Å². The van der Waals surface area contributed by atoms with Gasteiger partial charge in [0.1, 0.15) is 0 Å². The molecular weight excluding hydrogens is 705 g/mol. The van der Waals surface area contributed by atoms with Gasteiger partial charge >= 0.3 is 20.1 Å². The first kappa shape index (κ1) is 27.2. The molecule has 0 bridgehead atoms. The SMILES string of the molecule is CN1[CH-]N(c2[c-]c3c4ccccc4n4c5ccccc5c(c2)c34)c2ccccc21.Cc1ccc(-c2[c-]cccc2)nc1.[Ir+3]. The van der Waals surface area contributed by atoms with Gasteiger partial charge in [-0.3, -0.25) is 0 Å². The molecule has 0 amide bonds. The van der Waals surface area contributed by atoms with Gasteiger partial charge in [0.15, 0.2) is 0 Å². The first-order valence-electron chi connectivity index (χ1n) is 14.1. The number of para-hydroxylation sites is 4. The van der Waals surface area contributed by atoms with Crippen LogP contribution in [0.5, 0.6) is 0 Å². The van der Waals surface area contributed by atoms with E-state index >= 15 is 0 Å². The summed E-state index contributed by atoms with van der Waals surface area (Å²) in [6, 6.07) is 47.0. The van der Waals surface area contributed by atoms with Crippen molar-refractivity contribution in [2.24, 2.45) is 0 Å². The molecule has 0 radical (unpaired) electrons. The molecule has 4 nitrogen and oxygen atoms in total. The zero-order valence-corrected chi connectivity index (χ0v) is 26.1. The number of fused-ring (bicyclic) bond motifs is 7. The Morgan fingerprint density at radius 2 is 1.42 bits per heavy atom. The normalized spacial score (nSPS) is 12.5. The van der Waals surface area contributed by atoms with Crippen LogP contribution < -0.4 is 9.80 Å². The third kappa shape index (κ3) is 4.44. The first-order valence-corrected chi connectivity index (χ1v) is 14.1. The maximum absolute atomic E-state index is 4.32. The van der Waals surface area contributed by atoms with E-state index in [4.69, 9.17) is 0 Å². The molecule has 9 rings (SSSR count). The zero-order chi connectivity index (χ0) is 28.2. The quantitative estimate of drug-likeness (QED) is 0.166. The fourth-order valence-corrected chi connectivity index (χ4v) is 6.11. The molecule has 0 fully saturated rings. The third-order valence-electron chi connectivity index (χ3n) is 8.06. The van der Waals surface area contributed by atoms with Crippen molar-refractivity contribution in [2.45, 2.75) is 6.92 Å². The number of hydrogen-bond acceptors (Lipinski definition) is 3. The summed E-state index contributed by atoms with van der Waals surface area (Å²) in [4.78, 5) is 8.74. The van der Waals surface area contributed by atoms with Gasteiger partial charge in [0.05, 0.1) is 0 Å². The predicted octanol–water partition coefficient (Wildman–Crippen LogP) is 9.20. The Hall–Kier alpha value is -4.70. The van der Waals surface area contributed by atoms with E-state index in [-0.39, 0.29) is 20.1 Å². The molecule has 1 aliphatic rings. The van der Waals surface area contributed by atoms with Crippen LogP contribution in [0.25, 0.3) is 49.4 Å². The second-order valence-electron chi connectivity index (χ2n) is 10.7. The molecule has 5 heteroatoms. The second-order valence-corrected chi connectivity index (χ2v) is 10.7. The number of hydrogen-bond donors (Lipinski definition) is 0. The van der Waals surface area contributed by atoms with Gasteiger partial charge in [0.25, 0.3) is 0 Å². The van der Waals surface area contributed by atoms with E-state index in [1.165, 1.54) is 55.0 Å². The average molecular weight is 732 g/mol. The Balaban J connectivity index is 0.000000182. The number of aromatic nitrogens is 2. The van der Waals surface area contributed by atoms with Crippen molar-refractivity contribution < 1.29 is 20.1 Å². The molecule has 4 heterocycles. The topological polar surface area (TPSA) is 23.8 Å². The van der Waals surface area contributed by atoms with Crippen molar-refractivity contribution in [1.29, 1.82) is 0 Å². The number of anilines is 3. The molecule has 0 atom stereocenters. The zero-order valence-electron chi connectivity index (χ0n) is 23.7. The summed E-state index contributed by atoms with van der Waals surface area (Å²) in [6.07, 6.45) is 1.87. The van der Waals surface area contributed by atoms with E-state index in [2.05, 4.69) is 130 Å². The molecule has 0 saturated carbocycles. The minimum absolute atomic E-state index is 0. The van der Waals surface area contributed by atoms with Gasteiger partial charge in [-0.2, -0.15) is 6.67 Å². The fourth-order valence-electron chi connectivity index (χ4n) is 6.11. The Morgan fingerprint density at radius 1 is 0.721 bits per heavy atom. The average Bonchev–Trinajstić information content (AvgIpc) is 3.68. The first-order chi connectivity index (χ1) is 20.7. The van der Waals surface area contributed by atoms with E-state index in [0.717, 1.165) is 16.9 Å². The summed E-state index contributed by atoms with van der Waals surface area (Å²) in [7, 11) is 2.09. The molecule has 0 saturated heterocycles. The van der Waals surface area contributed by atoms with E-state index in [0.29, 0.717) is 0 Å². The van der Waals surface area contributed by atoms with Crippen LogP contribution in [-0.2, 0) is 20.1 Å². The van der Waals surface area contributed by atoms with Gasteiger partial charge in [-0.05, 0) is 60.4 Å². The number of aryl methyl sites for hydroxylation is 1. The van der Waals surface area contributed by atoms with E-state index < -0.39 is 0 Å². The summed E-state index contributed by atoms with van der Waals surface area (Å²) in [5.41, 5.74) is 10.4. The Labute approximate surface area is 264 Å². The summed E-state index contributed by atoms with van der Waals surface area (Å²) in [5.74, 6) is 0. The number of nitrogens with zero attached hydrogens (tertiary/aromatic N) is 4. The molecule has 8 aromatic rings. The van der Waals surface area contributed by atoms with Crippen molar-refractivity contribution in [2.75, 3.05) is 16.8 Å². The fraction of sp³-hybridized carbons (Fsp3) is 0.0526. The minimum Gasteiger partial charge on any atom is -0.504 e. The Morgan fingerprint density at radius 3 is 2.16 bits per heavy atom. The van der Waals surface area contributed by atoms with Crippen LogP contribution in [0.15, 0.2) is 121 Å². The van der Waals surface area contributed by atoms with Crippen LogP contribution in [0.1, 0.15) is 5.56 Å². The molecule has 208 valence electrons. The number of rotatable bonds is 2. The Kier molecular flexibility index (Phi) is 6.85. The molecule has 5 aromatic carbocycles. The monoisotopic (exact) mass is 732 g/mol. The smallest absolute Gasteiger partial charge is 0.504 e. The molecular formula is C38H27IrN4. The van der Waals surface area contributed by atoms with Crippen LogP contribution in [0, 0.1) is 25.7 Å². The number of pyridine rings is 1. The van der Waals surface area contributed by atoms with Gasteiger partial charge in [-0.25, -0.2) is 0 Å². The van der Waals surface area contributed by atoms with Crippen molar-refractivity contribution in [3.05, 3.63) is 146 Å². The van der Waals surface area contributed by atoms with Gasteiger partial charge in [0.2, 0.25) is 0 Å². The van der Waals surface area contributed by atoms with Crippen molar-refractivity contribution in [3.63, 3.8) is 0 Å². The summed E-state index contributed by atoms with van der Waals surface area (Å²) in [6.45, 7) is 4.18. The van der Waals surface area contributed by atoms with Gasteiger partial charge in [-0.15, -0.1) is 53.4 Å². The Bertz CT molecular complexity index is 2120. The maximum Gasteiger partial charge on any atom is 3.00 e. The van der Waals surface area contributed by atoms with Crippen molar-refractivity contribution in [3.8, 4) is 11.3 Å². The van der Waals surface area contributed by atoms with Gasteiger partial charge in [-0.1, -0.05) is 77.1 Å². The van der Waals surface area contributed by atoms with Crippen LogP contribution in [-0.4, -0.2) is 16.4 Å². The van der Waals surface area contributed by atoms with Crippen LogP contribution >= 0.6 is 0 Å².